The topological polar surface area (TPSA) is 33.4 Å². The van der Waals surface area contributed by atoms with Crippen LogP contribution in [0, 0.1) is 0 Å². The van der Waals surface area contributed by atoms with E-state index in [2.05, 4.69) is 6.92 Å². The summed E-state index contributed by atoms with van der Waals surface area (Å²) in [5.41, 5.74) is 2.06. The highest BCUT2D eigenvalue weighted by Crippen LogP contribution is 2.26. The van der Waals surface area contributed by atoms with Crippen molar-refractivity contribution in [1.82, 2.24) is 0 Å². The van der Waals surface area contributed by atoms with E-state index in [4.69, 9.17) is 4.42 Å². The number of phenols is 1. The minimum absolute atomic E-state index is 0.306. The second kappa shape index (κ2) is 4.39. The number of rotatable bonds is 4. The van der Waals surface area contributed by atoms with Gasteiger partial charge in [0.25, 0.3) is 0 Å². The number of benzene rings is 1. The normalized spacial score (nSPS) is 11.0. The predicted molar refractivity (Wildman–Crippen MR) is 61.1 cm³/mol. The lowest BCUT2D eigenvalue weighted by molar-refractivity contribution is 0.476. The molecule has 1 aromatic heterocycles. The van der Waals surface area contributed by atoms with Gasteiger partial charge in [0, 0.05) is 5.39 Å². The van der Waals surface area contributed by atoms with Crippen LogP contribution in [-0.2, 0) is 6.42 Å². The highest BCUT2D eigenvalue weighted by molar-refractivity contribution is 5.82. The minimum atomic E-state index is 0.306. The van der Waals surface area contributed by atoms with Gasteiger partial charge in [0.05, 0.1) is 6.26 Å². The number of unbranched alkanes of at least 4 members (excludes halogenated alkanes) is 2. The molecular formula is C13H16O2. The van der Waals surface area contributed by atoms with Gasteiger partial charge in [-0.3, -0.25) is 0 Å². The fourth-order valence-electron chi connectivity index (χ4n) is 1.83. The first kappa shape index (κ1) is 10.1. The molecule has 0 fully saturated rings. The summed E-state index contributed by atoms with van der Waals surface area (Å²) in [6, 6.07) is 5.25. The number of aromatic hydroxyl groups is 1. The van der Waals surface area contributed by atoms with Crippen molar-refractivity contribution in [2.45, 2.75) is 32.6 Å². The number of phenolic OH excluding ortho intramolecular Hbond substituents is 1. The summed E-state index contributed by atoms with van der Waals surface area (Å²) in [7, 11) is 0. The Morgan fingerprint density at radius 2 is 2.13 bits per heavy atom. The maximum Gasteiger partial charge on any atom is 0.134 e. The molecule has 2 nitrogen and oxygen atoms in total. The van der Waals surface area contributed by atoms with E-state index in [-0.39, 0.29) is 0 Å². The highest BCUT2D eigenvalue weighted by Gasteiger charge is 2.05. The van der Waals surface area contributed by atoms with Gasteiger partial charge in [-0.25, -0.2) is 0 Å². The fraction of sp³-hybridized carbons (Fsp3) is 0.385. The van der Waals surface area contributed by atoms with Crippen molar-refractivity contribution < 1.29 is 9.52 Å². The summed E-state index contributed by atoms with van der Waals surface area (Å²) in [6.45, 7) is 2.19. The van der Waals surface area contributed by atoms with Gasteiger partial charge in [0.1, 0.15) is 11.3 Å². The molecule has 1 N–H and O–H groups in total. The van der Waals surface area contributed by atoms with E-state index in [0.717, 1.165) is 17.4 Å². The number of hydrogen-bond donors (Lipinski definition) is 1. The molecule has 0 saturated carbocycles. The molecule has 0 spiro atoms. The monoisotopic (exact) mass is 204 g/mol. The molecule has 0 aliphatic rings. The molecule has 0 atom stereocenters. The van der Waals surface area contributed by atoms with Crippen LogP contribution in [-0.4, -0.2) is 5.11 Å². The van der Waals surface area contributed by atoms with E-state index in [1.165, 1.54) is 24.8 Å². The van der Waals surface area contributed by atoms with Crippen LogP contribution in [0.3, 0.4) is 0 Å². The number of hydrogen-bond acceptors (Lipinski definition) is 2. The molecular weight excluding hydrogens is 188 g/mol. The molecule has 0 radical (unpaired) electrons. The van der Waals surface area contributed by atoms with Crippen LogP contribution in [0.5, 0.6) is 5.75 Å². The van der Waals surface area contributed by atoms with Crippen molar-refractivity contribution in [3.63, 3.8) is 0 Å². The average molecular weight is 204 g/mol. The Morgan fingerprint density at radius 3 is 2.93 bits per heavy atom. The number of furan rings is 1. The predicted octanol–water partition coefficient (Wildman–Crippen LogP) is 3.87. The second-order valence-electron chi connectivity index (χ2n) is 3.90. The summed E-state index contributed by atoms with van der Waals surface area (Å²) in [4.78, 5) is 0. The first-order chi connectivity index (χ1) is 7.31. The Morgan fingerprint density at radius 1 is 1.27 bits per heavy atom. The van der Waals surface area contributed by atoms with Crippen LogP contribution >= 0.6 is 0 Å². The smallest absolute Gasteiger partial charge is 0.134 e. The van der Waals surface area contributed by atoms with Crippen LogP contribution in [0.2, 0.25) is 0 Å². The second-order valence-corrected chi connectivity index (χ2v) is 3.90. The van der Waals surface area contributed by atoms with Crippen LogP contribution < -0.4 is 0 Å². The van der Waals surface area contributed by atoms with E-state index >= 15 is 0 Å². The maximum atomic E-state index is 9.40. The lowest BCUT2D eigenvalue weighted by atomic mass is 10.1. The summed E-state index contributed by atoms with van der Waals surface area (Å²) in [5, 5.41) is 10.5. The molecule has 1 aromatic carbocycles. The van der Waals surface area contributed by atoms with Gasteiger partial charge in [-0.15, -0.1) is 0 Å². The Balaban J connectivity index is 2.23. The van der Waals surface area contributed by atoms with Gasteiger partial charge >= 0.3 is 0 Å². The average Bonchev–Trinajstić information content (AvgIpc) is 2.62. The molecule has 2 rings (SSSR count). The SMILES string of the molecule is CCCCCc1coc2ccc(O)cc12. The minimum Gasteiger partial charge on any atom is -0.508 e. The number of fused-ring (bicyclic) bond motifs is 1. The van der Waals surface area contributed by atoms with E-state index in [1.54, 1.807) is 18.4 Å². The summed E-state index contributed by atoms with van der Waals surface area (Å²) in [5.74, 6) is 0.306. The first-order valence-electron chi connectivity index (χ1n) is 5.50. The zero-order valence-corrected chi connectivity index (χ0v) is 8.99. The molecule has 0 amide bonds. The maximum absolute atomic E-state index is 9.40. The molecule has 0 saturated heterocycles. The van der Waals surface area contributed by atoms with Gasteiger partial charge in [0.15, 0.2) is 0 Å². The van der Waals surface area contributed by atoms with Gasteiger partial charge in [-0.1, -0.05) is 19.8 Å². The van der Waals surface area contributed by atoms with Gasteiger partial charge in [-0.05, 0) is 36.6 Å². The largest absolute Gasteiger partial charge is 0.508 e. The highest BCUT2D eigenvalue weighted by atomic mass is 16.3. The Hall–Kier alpha value is -1.44. The first-order valence-corrected chi connectivity index (χ1v) is 5.50. The van der Waals surface area contributed by atoms with Crippen molar-refractivity contribution in [3.8, 4) is 5.75 Å². The van der Waals surface area contributed by atoms with Gasteiger partial charge < -0.3 is 9.52 Å². The molecule has 2 aromatic rings. The molecule has 0 unspecified atom stereocenters. The molecule has 1 heterocycles. The quantitative estimate of drug-likeness (QED) is 0.767. The van der Waals surface area contributed by atoms with Gasteiger partial charge in [0.2, 0.25) is 0 Å². The third-order valence-electron chi connectivity index (χ3n) is 2.69. The lowest BCUT2D eigenvalue weighted by Gasteiger charge is -1.97. The number of aryl methyl sites for hydroxylation is 1. The lowest BCUT2D eigenvalue weighted by Crippen LogP contribution is -1.82. The summed E-state index contributed by atoms with van der Waals surface area (Å²) >= 11 is 0. The van der Waals surface area contributed by atoms with E-state index in [9.17, 15) is 5.11 Å². The van der Waals surface area contributed by atoms with Crippen LogP contribution in [0.1, 0.15) is 31.7 Å². The van der Waals surface area contributed by atoms with E-state index in [1.807, 2.05) is 6.07 Å². The van der Waals surface area contributed by atoms with E-state index in [0.29, 0.717) is 5.75 Å². The molecule has 2 heteroatoms. The van der Waals surface area contributed by atoms with Crippen molar-refractivity contribution >= 4 is 11.0 Å². The third-order valence-corrected chi connectivity index (χ3v) is 2.69. The summed E-state index contributed by atoms with van der Waals surface area (Å²) in [6.07, 6.45) is 6.48. The van der Waals surface area contributed by atoms with Crippen molar-refractivity contribution in [2.24, 2.45) is 0 Å². The zero-order chi connectivity index (χ0) is 10.7. The Labute approximate surface area is 89.5 Å². The molecule has 15 heavy (non-hydrogen) atoms. The van der Waals surface area contributed by atoms with Crippen LogP contribution in [0.15, 0.2) is 28.9 Å². The van der Waals surface area contributed by atoms with Crippen LogP contribution in [0.4, 0.5) is 0 Å². The Kier molecular flexibility index (Phi) is 2.95. The van der Waals surface area contributed by atoms with E-state index < -0.39 is 0 Å². The van der Waals surface area contributed by atoms with Crippen LogP contribution in [0.25, 0.3) is 11.0 Å². The molecule has 0 aliphatic heterocycles. The fourth-order valence-corrected chi connectivity index (χ4v) is 1.83. The third kappa shape index (κ3) is 2.14. The zero-order valence-electron chi connectivity index (χ0n) is 8.99. The molecule has 0 bridgehead atoms. The molecule has 0 aliphatic carbocycles. The van der Waals surface area contributed by atoms with Crippen molar-refractivity contribution in [1.29, 1.82) is 0 Å². The van der Waals surface area contributed by atoms with Gasteiger partial charge in [-0.2, -0.15) is 0 Å². The summed E-state index contributed by atoms with van der Waals surface area (Å²) < 4.78 is 5.42. The van der Waals surface area contributed by atoms with Crippen molar-refractivity contribution in [3.05, 3.63) is 30.0 Å². The standard InChI is InChI=1S/C13H16O2/c1-2-3-4-5-10-9-15-13-7-6-11(14)8-12(10)13/h6-9,14H,2-5H2,1H3. The Bertz CT molecular complexity index is 443. The molecule has 80 valence electrons. The van der Waals surface area contributed by atoms with Crippen molar-refractivity contribution in [2.75, 3.05) is 0 Å².